The van der Waals surface area contributed by atoms with E-state index in [0.29, 0.717) is 6.04 Å². The van der Waals surface area contributed by atoms with Gasteiger partial charge in [0.2, 0.25) is 0 Å². The number of likely N-dealkylation sites (N-methyl/N-ethyl adjacent to an activating group) is 1. The number of benzene rings is 1. The highest BCUT2D eigenvalue weighted by Crippen LogP contribution is 2.30. The Morgan fingerprint density at radius 3 is 3.00 bits per heavy atom. The SMILES string of the molecule is COc1ccc2[nH]c3c(c2c1)C[C@H](C)N(C)CC3. The number of hydrogen-bond acceptors (Lipinski definition) is 2. The van der Waals surface area contributed by atoms with E-state index in [0.717, 1.165) is 25.1 Å². The van der Waals surface area contributed by atoms with Gasteiger partial charge in [0.1, 0.15) is 5.75 Å². The second-order valence-electron chi connectivity index (χ2n) is 5.28. The first-order valence-electron chi connectivity index (χ1n) is 6.56. The highest BCUT2D eigenvalue weighted by molar-refractivity contribution is 5.86. The predicted octanol–water partition coefficient (Wildman–Crippen LogP) is 2.60. The summed E-state index contributed by atoms with van der Waals surface area (Å²) in [5.74, 6) is 0.939. The predicted molar refractivity (Wildman–Crippen MR) is 74.4 cm³/mol. The number of fused-ring (bicyclic) bond motifs is 3. The molecular weight excluding hydrogens is 224 g/mol. The van der Waals surface area contributed by atoms with Gasteiger partial charge in [0, 0.05) is 35.6 Å². The molecule has 1 aliphatic rings. The first-order chi connectivity index (χ1) is 8.69. The van der Waals surface area contributed by atoms with Crippen LogP contribution in [0.15, 0.2) is 18.2 Å². The Kier molecular flexibility index (Phi) is 2.78. The van der Waals surface area contributed by atoms with Gasteiger partial charge >= 0.3 is 0 Å². The van der Waals surface area contributed by atoms with E-state index in [1.54, 1.807) is 7.11 Å². The van der Waals surface area contributed by atoms with Gasteiger partial charge in [-0.2, -0.15) is 0 Å². The van der Waals surface area contributed by atoms with E-state index in [-0.39, 0.29) is 0 Å². The molecule has 0 bridgehead atoms. The number of methoxy groups -OCH3 is 1. The maximum absolute atomic E-state index is 5.34. The summed E-state index contributed by atoms with van der Waals surface area (Å²) in [5.41, 5.74) is 4.10. The molecule has 0 saturated heterocycles. The lowest BCUT2D eigenvalue weighted by Crippen LogP contribution is -2.30. The van der Waals surface area contributed by atoms with Crippen molar-refractivity contribution in [1.29, 1.82) is 0 Å². The first kappa shape index (κ1) is 11.6. The maximum atomic E-state index is 5.34. The van der Waals surface area contributed by atoms with Gasteiger partial charge in [0.05, 0.1) is 7.11 Å². The van der Waals surface area contributed by atoms with Crippen LogP contribution in [0.3, 0.4) is 0 Å². The molecule has 1 aliphatic heterocycles. The molecule has 0 radical (unpaired) electrons. The highest BCUT2D eigenvalue weighted by atomic mass is 16.5. The zero-order valence-electron chi connectivity index (χ0n) is 11.3. The van der Waals surface area contributed by atoms with E-state index in [2.05, 4.69) is 36.0 Å². The molecular formula is C15H20N2O. The van der Waals surface area contributed by atoms with Gasteiger partial charge in [-0.05, 0) is 44.2 Å². The van der Waals surface area contributed by atoms with Crippen LogP contribution in [0.1, 0.15) is 18.2 Å². The van der Waals surface area contributed by atoms with Crippen LogP contribution in [-0.2, 0) is 12.8 Å². The number of rotatable bonds is 1. The van der Waals surface area contributed by atoms with Crippen molar-refractivity contribution in [3.63, 3.8) is 0 Å². The van der Waals surface area contributed by atoms with Crippen molar-refractivity contribution < 1.29 is 4.74 Å². The number of hydrogen-bond donors (Lipinski definition) is 1. The quantitative estimate of drug-likeness (QED) is 0.835. The molecule has 1 aromatic heterocycles. The minimum atomic E-state index is 0.594. The van der Waals surface area contributed by atoms with Crippen LogP contribution in [0.5, 0.6) is 5.75 Å². The molecule has 1 N–H and O–H groups in total. The van der Waals surface area contributed by atoms with Gasteiger partial charge in [0.15, 0.2) is 0 Å². The van der Waals surface area contributed by atoms with E-state index in [9.17, 15) is 0 Å². The van der Waals surface area contributed by atoms with Gasteiger partial charge in [-0.3, -0.25) is 0 Å². The smallest absolute Gasteiger partial charge is 0.119 e. The topological polar surface area (TPSA) is 28.3 Å². The summed E-state index contributed by atoms with van der Waals surface area (Å²) in [6.45, 7) is 3.42. The van der Waals surface area contributed by atoms with Crippen LogP contribution < -0.4 is 4.74 Å². The molecule has 2 heterocycles. The fourth-order valence-electron chi connectivity index (χ4n) is 2.82. The van der Waals surface area contributed by atoms with Crippen molar-refractivity contribution >= 4 is 10.9 Å². The Morgan fingerprint density at radius 1 is 1.39 bits per heavy atom. The van der Waals surface area contributed by atoms with Crippen LogP contribution >= 0.6 is 0 Å². The number of aromatic amines is 1. The third kappa shape index (κ3) is 1.79. The summed E-state index contributed by atoms with van der Waals surface area (Å²) in [7, 11) is 3.93. The third-order valence-electron chi connectivity index (χ3n) is 4.17. The molecule has 18 heavy (non-hydrogen) atoms. The molecule has 96 valence electrons. The van der Waals surface area contributed by atoms with Crippen molar-refractivity contribution in [3.05, 3.63) is 29.5 Å². The maximum Gasteiger partial charge on any atom is 0.119 e. The van der Waals surface area contributed by atoms with Crippen molar-refractivity contribution in [2.75, 3.05) is 20.7 Å². The molecule has 3 rings (SSSR count). The number of nitrogens with zero attached hydrogens (tertiary/aromatic N) is 1. The monoisotopic (exact) mass is 244 g/mol. The molecule has 0 saturated carbocycles. The minimum absolute atomic E-state index is 0.594. The molecule has 3 nitrogen and oxygen atoms in total. The van der Waals surface area contributed by atoms with E-state index < -0.39 is 0 Å². The second-order valence-corrected chi connectivity index (χ2v) is 5.28. The van der Waals surface area contributed by atoms with Crippen molar-refractivity contribution in [2.45, 2.75) is 25.8 Å². The molecule has 0 spiro atoms. The standard InChI is InChI=1S/C15H20N2O/c1-10-8-12-13-9-11(18-3)4-5-14(13)16-15(12)6-7-17(10)2/h4-5,9-10,16H,6-8H2,1-3H3/t10-/m0/s1. The van der Waals surface area contributed by atoms with Crippen LogP contribution in [0, 0.1) is 0 Å². The molecule has 0 unspecified atom stereocenters. The number of nitrogens with one attached hydrogen (secondary N) is 1. The summed E-state index contributed by atoms with van der Waals surface area (Å²) >= 11 is 0. The largest absolute Gasteiger partial charge is 0.497 e. The summed E-state index contributed by atoms with van der Waals surface area (Å²) in [6, 6.07) is 6.89. The van der Waals surface area contributed by atoms with Crippen molar-refractivity contribution in [1.82, 2.24) is 9.88 Å². The van der Waals surface area contributed by atoms with Crippen LogP contribution in [0.2, 0.25) is 0 Å². The zero-order chi connectivity index (χ0) is 12.7. The second kappa shape index (κ2) is 4.32. The Balaban J connectivity index is 2.13. The molecule has 0 aliphatic carbocycles. The Labute approximate surface area is 108 Å². The third-order valence-corrected chi connectivity index (χ3v) is 4.17. The molecule has 3 heteroatoms. The molecule has 1 aromatic carbocycles. The van der Waals surface area contributed by atoms with Gasteiger partial charge in [-0.1, -0.05) is 0 Å². The number of ether oxygens (including phenoxy) is 1. The van der Waals surface area contributed by atoms with Crippen LogP contribution in [0.4, 0.5) is 0 Å². The van der Waals surface area contributed by atoms with E-state index in [4.69, 9.17) is 4.74 Å². The lowest BCUT2D eigenvalue weighted by Gasteiger charge is -2.21. The Bertz CT molecular complexity index is 573. The lowest BCUT2D eigenvalue weighted by molar-refractivity contribution is 0.267. The van der Waals surface area contributed by atoms with E-state index in [1.165, 1.54) is 22.2 Å². The fourth-order valence-corrected chi connectivity index (χ4v) is 2.82. The average molecular weight is 244 g/mol. The highest BCUT2D eigenvalue weighted by Gasteiger charge is 2.21. The first-order valence-corrected chi connectivity index (χ1v) is 6.56. The molecule has 2 aromatic rings. The van der Waals surface area contributed by atoms with Crippen LogP contribution in [0.25, 0.3) is 10.9 Å². The minimum Gasteiger partial charge on any atom is -0.497 e. The average Bonchev–Trinajstić information content (AvgIpc) is 2.66. The van der Waals surface area contributed by atoms with Crippen molar-refractivity contribution in [2.24, 2.45) is 0 Å². The number of H-pyrrole nitrogens is 1. The summed E-state index contributed by atoms with van der Waals surface area (Å²) in [6.07, 6.45) is 2.21. The van der Waals surface area contributed by atoms with Crippen LogP contribution in [-0.4, -0.2) is 36.6 Å². The molecule has 0 fully saturated rings. The van der Waals surface area contributed by atoms with E-state index >= 15 is 0 Å². The fraction of sp³-hybridized carbons (Fsp3) is 0.467. The summed E-state index contributed by atoms with van der Waals surface area (Å²) in [5, 5.41) is 1.33. The van der Waals surface area contributed by atoms with Gasteiger partial charge in [0.25, 0.3) is 0 Å². The molecule has 0 amide bonds. The lowest BCUT2D eigenvalue weighted by atomic mass is 10.0. The summed E-state index contributed by atoms with van der Waals surface area (Å²) < 4.78 is 5.34. The van der Waals surface area contributed by atoms with Gasteiger partial charge in [-0.15, -0.1) is 0 Å². The molecule has 1 atom stereocenters. The normalized spacial score (nSPS) is 20.7. The zero-order valence-corrected chi connectivity index (χ0v) is 11.3. The summed E-state index contributed by atoms with van der Waals surface area (Å²) in [4.78, 5) is 6.00. The Hall–Kier alpha value is -1.48. The Morgan fingerprint density at radius 2 is 2.22 bits per heavy atom. The van der Waals surface area contributed by atoms with E-state index in [1.807, 2.05) is 6.07 Å². The van der Waals surface area contributed by atoms with Crippen molar-refractivity contribution in [3.8, 4) is 5.75 Å². The van der Waals surface area contributed by atoms with Gasteiger partial charge < -0.3 is 14.6 Å². The number of aromatic nitrogens is 1. The van der Waals surface area contributed by atoms with Gasteiger partial charge in [-0.25, -0.2) is 0 Å².